The number of ketones is 1. The van der Waals surface area contributed by atoms with Crippen LogP contribution in [0.1, 0.15) is 29.3 Å². The number of rotatable bonds is 3. The molecule has 0 saturated heterocycles. The molecule has 0 aliphatic rings. The third kappa shape index (κ3) is 2.44. The predicted molar refractivity (Wildman–Crippen MR) is 69.0 cm³/mol. The summed E-state index contributed by atoms with van der Waals surface area (Å²) >= 11 is 0. The Morgan fingerprint density at radius 2 is 1.94 bits per heavy atom. The lowest BCUT2D eigenvalue weighted by molar-refractivity contribution is 0.0988. The lowest BCUT2D eigenvalue weighted by Crippen LogP contribution is -1.95. The molecule has 0 saturated carbocycles. The zero-order valence-corrected chi connectivity index (χ0v) is 10.1. The molecule has 0 radical (unpaired) electrons. The molecule has 0 atom stereocenters. The highest BCUT2D eigenvalue weighted by molar-refractivity contribution is 5.96. The monoisotopic (exact) mass is 236 g/mol. The van der Waals surface area contributed by atoms with Crippen molar-refractivity contribution >= 4 is 5.78 Å². The second-order valence-corrected chi connectivity index (χ2v) is 3.93. The summed E-state index contributed by atoms with van der Waals surface area (Å²) in [6, 6.07) is 11.2. The van der Waals surface area contributed by atoms with Crippen LogP contribution in [0, 0.1) is 11.3 Å². The molecule has 0 spiro atoms. The number of pyridine rings is 1. The molecule has 3 nitrogen and oxygen atoms in total. The quantitative estimate of drug-likeness (QED) is 0.769. The molecule has 0 N–H and O–H groups in total. The van der Waals surface area contributed by atoms with E-state index in [4.69, 9.17) is 5.26 Å². The highest BCUT2D eigenvalue weighted by atomic mass is 16.1. The Balaban J connectivity index is 2.34. The highest BCUT2D eigenvalue weighted by Crippen LogP contribution is 2.20. The first-order valence-corrected chi connectivity index (χ1v) is 5.73. The van der Waals surface area contributed by atoms with Gasteiger partial charge in [-0.3, -0.25) is 9.78 Å². The van der Waals surface area contributed by atoms with Crippen molar-refractivity contribution in [2.75, 3.05) is 0 Å². The standard InChI is InChI=1S/C15H12N2O/c1-2-15(18)13-5-3-12(4-6-13)14-7-11(8-16)9-17-10-14/h3-7,9-10H,2H2,1H3. The first kappa shape index (κ1) is 12.0. The van der Waals surface area contributed by atoms with Gasteiger partial charge in [-0.05, 0) is 11.6 Å². The summed E-state index contributed by atoms with van der Waals surface area (Å²) in [6.45, 7) is 1.84. The topological polar surface area (TPSA) is 53.8 Å². The zero-order chi connectivity index (χ0) is 13.0. The molecule has 0 bridgehead atoms. The average Bonchev–Trinajstić information content (AvgIpc) is 2.46. The smallest absolute Gasteiger partial charge is 0.162 e. The Kier molecular flexibility index (Phi) is 3.49. The van der Waals surface area contributed by atoms with E-state index in [1.807, 2.05) is 19.1 Å². The van der Waals surface area contributed by atoms with E-state index in [2.05, 4.69) is 11.1 Å². The van der Waals surface area contributed by atoms with Gasteiger partial charge in [-0.25, -0.2) is 0 Å². The third-order valence-electron chi connectivity index (χ3n) is 2.73. The number of carbonyl (C=O) groups is 1. The number of carbonyl (C=O) groups excluding carboxylic acids is 1. The van der Waals surface area contributed by atoms with Gasteiger partial charge in [-0.1, -0.05) is 31.2 Å². The van der Waals surface area contributed by atoms with E-state index >= 15 is 0 Å². The zero-order valence-electron chi connectivity index (χ0n) is 10.1. The minimum atomic E-state index is 0.130. The number of benzene rings is 1. The fourth-order valence-corrected chi connectivity index (χ4v) is 1.71. The summed E-state index contributed by atoms with van der Waals surface area (Å²) in [7, 11) is 0. The molecule has 0 amide bonds. The van der Waals surface area contributed by atoms with Crippen molar-refractivity contribution in [1.82, 2.24) is 4.98 Å². The van der Waals surface area contributed by atoms with E-state index < -0.39 is 0 Å². The van der Waals surface area contributed by atoms with Crippen LogP contribution in [0.4, 0.5) is 0 Å². The van der Waals surface area contributed by atoms with Crippen LogP contribution < -0.4 is 0 Å². The Morgan fingerprint density at radius 3 is 2.56 bits per heavy atom. The van der Waals surface area contributed by atoms with Gasteiger partial charge in [0.2, 0.25) is 0 Å². The van der Waals surface area contributed by atoms with E-state index in [-0.39, 0.29) is 5.78 Å². The molecule has 1 aromatic carbocycles. The molecule has 3 heteroatoms. The van der Waals surface area contributed by atoms with Crippen molar-refractivity contribution < 1.29 is 4.79 Å². The minimum absolute atomic E-state index is 0.130. The van der Waals surface area contributed by atoms with E-state index in [9.17, 15) is 4.79 Å². The molecule has 0 aliphatic heterocycles. The van der Waals surface area contributed by atoms with Crippen LogP contribution in [0.2, 0.25) is 0 Å². The molecule has 18 heavy (non-hydrogen) atoms. The van der Waals surface area contributed by atoms with E-state index in [1.165, 1.54) is 6.20 Å². The highest BCUT2D eigenvalue weighted by Gasteiger charge is 2.04. The first-order chi connectivity index (χ1) is 8.74. The summed E-state index contributed by atoms with van der Waals surface area (Å²) < 4.78 is 0. The van der Waals surface area contributed by atoms with Crippen molar-refractivity contribution in [3.05, 3.63) is 53.9 Å². The van der Waals surface area contributed by atoms with Gasteiger partial charge in [0.25, 0.3) is 0 Å². The Hall–Kier alpha value is -2.47. The van der Waals surface area contributed by atoms with Crippen LogP contribution in [0.15, 0.2) is 42.7 Å². The van der Waals surface area contributed by atoms with Crippen LogP contribution in [0.25, 0.3) is 11.1 Å². The van der Waals surface area contributed by atoms with Crippen molar-refractivity contribution in [2.45, 2.75) is 13.3 Å². The number of hydrogen-bond acceptors (Lipinski definition) is 3. The second-order valence-electron chi connectivity index (χ2n) is 3.93. The lowest BCUT2D eigenvalue weighted by Gasteiger charge is -2.03. The lowest BCUT2D eigenvalue weighted by atomic mass is 10.0. The summed E-state index contributed by atoms with van der Waals surface area (Å²) in [4.78, 5) is 15.5. The largest absolute Gasteiger partial charge is 0.294 e. The average molecular weight is 236 g/mol. The van der Waals surface area contributed by atoms with Gasteiger partial charge < -0.3 is 0 Å². The molecule has 88 valence electrons. The van der Waals surface area contributed by atoms with Gasteiger partial charge in [0.15, 0.2) is 5.78 Å². The Labute approximate surface area is 106 Å². The third-order valence-corrected chi connectivity index (χ3v) is 2.73. The predicted octanol–water partition coefficient (Wildman–Crippen LogP) is 3.21. The summed E-state index contributed by atoms with van der Waals surface area (Å²) in [5.74, 6) is 0.130. The molecule has 0 aliphatic carbocycles. The maximum Gasteiger partial charge on any atom is 0.162 e. The van der Waals surface area contributed by atoms with Crippen molar-refractivity contribution in [1.29, 1.82) is 5.26 Å². The van der Waals surface area contributed by atoms with Gasteiger partial charge >= 0.3 is 0 Å². The number of nitrogens with zero attached hydrogens (tertiary/aromatic N) is 2. The van der Waals surface area contributed by atoms with E-state index in [1.54, 1.807) is 24.4 Å². The minimum Gasteiger partial charge on any atom is -0.294 e. The van der Waals surface area contributed by atoms with Crippen LogP contribution in [-0.4, -0.2) is 10.8 Å². The summed E-state index contributed by atoms with van der Waals surface area (Å²) in [5.41, 5.74) is 3.07. The number of Topliss-reactive ketones (excluding diaryl/α,β-unsaturated/α-hetero) is 1. The fraction of sp³-hybridized carbons (Fsp3) is 0.133. The molecule has 2 aromatic rings. The van der Waals surface area contributed by atoms with Gasteiger partial charge in [0.05, 0.1) is 5.56 Å². The molecule has 1 heterocycles. The molecular weight excluding hydrogens is 224 g/mol. The number of nitriles is 1. The van der Waals surface area contributed by atoms with Gasteiger partial charge in [0, 0.05) is 29.9 Å². The molecule has 0 unspecified atom stereocenters. The van der Waals surface area contributed by atoms with Crippen LogP contribution in [0.5, 0.6) is 0 Å². The number of hydrogen-bond donors (Lipinski definition) is 0. The number of aromatic nitrogens is 1. The molecule has 2 rings (SSSR count). The van der Waals surface area contributed by atoms with Gasteiger partial charge in [-0.2, -0.15) is 5.26 Å². The maximum absolute atomic E-state index is 11.5. The van der Waals surface area contributed by atoms with Crippen molar-refractivity contribution in [2.24, 2.45) is 0 Å². The van der Waals surface area contributed by atoms with Crippen LogP contribution in [0.3, 0.4) is 0 Å². The van der Waals surface area contributed by atoms with Crippen molar-refractivity contribution in [3.8, 4) is 17.2 Å². The Morgan fingerprint density at radius 1 is 1.22 bits per heavy atom. The normalized spacial score (nSPS) is 9.78. The van der Waals surface area contributed by atoms with E-state index in [0.29, 0.717) is 17.5 Å². The van der Waals surface area contributed by atoms with E-state index in [0.717, 1.165) is 11.1 Å². The maximum atomic E-state index is 11.5. The van der Waals surface area contributed by atoms with Crippen LogP contribution >= 0.6 is 0 Å². The first-order valence-electron chi connectivity index (χ1n) is 5.73. The molecule has 1 aromatic heterocycles. The fourth-order valence-electron chi connectivity index (χ4n) is 1.71. The molecular formula is C15H12N2O. The van der Waals surface area contributed by atoms with Crippen molar-refractivity contribution in [3.63, 3.8) is 0 Å². The second kappa shape index (κ2) is 5.24. The van der Waals surface area contributed by atoms with Crippen LogP contribution in [-0.2, 0) is 0 Å². The van der Waals surface area contributed by atoms with Gasteiger partial charge in [-0.15, -0.1) is 0 Å². The Bertz CT molecular complexity index is 609. The SMILES string of the molecule is CCC(=O)c1ccc(-c2cncc(C#N)c2)cc1. The molecule has 0 fully saturated rings. The summed E-state index contributed by atoms with van der Waals surface area (Å²) in [5, 5.41) is 8.82. The van der Waals surface area contributed by atoms with Gasteiger partial charge in [0.1, 0.15) is 6.07 Å². The summed E-state index contributed by atoms with van der Waals surface area (Å²) in [6.07, 6.45) is 3.74.